The molecule has 0 spiro atoms. The van der Waals surface area contributed by atoms with Crippen molar-refractivity contribution in [1.82, 2.24) is 0 Å². The Bertz CT molecular complexity index is 1830. The fraction of sp³-hybridized carbons (Fsp3) is 0.886. The molecule has 0 aromatic rings. The summed E-state index contributed by atoms with van der Waals surface area (Å²) in [6.07, 6.45) is 49.4. The van der Waals surface area contributed by atoms with E-state index in [-0.39, 0.29) is 25.7 Å². The Kier molecular flexibility index (Phi) is 60.0. The number of allylic oxidation sites excluding steroid dienone is 4. The molecule has 0 aromatic heterocycles. The zero-order valence-corrected chi connectivity index (χ0v) is 59.0. The molecule has 89 heavy (non-hydrogen) atoms. The molecule has 0 aromatic carbocycles. The zero-order valence-electron chi connectivity index (χ0n) is 57.2. The highest BCUT2D eigenvalue weighted by molar-refractivity contribution is 7.47. The lowest BCUT2D eigenvalue weighted by Gasteiger charge is -2.21. The molecule has 524 valence electrons. The molecule has 0 amide bonds. The molecule has 2 unspecified atom stereocenters. The normalized spacial score (nSPS) is 14.3. The van der Waals surface area contributed by atoms with Gasteiger partial charge in [-0.25, -0.2) is 9.13 Å². The lowest BCUT2D eigenvalue weighted by molar-refractivity contribution is -0.161. The molecule has 19 heteroatoms. The van der Waals surface area contributed by atoms with Crippen LogP contribution in [0.2, 0.25) is 0 Å². The summed E-state index contributed by atoms with van der Waals surface area (Å²) in [7, 11) is -9.91. The van der Waals surface area contributed by atoms with Gasteiger partial charge in [0.2, 0.25) is 0 Å². The Labute approximate surface area is 542 Å². The highest BCUT2D eigenvalue weighted by Crippen LogP contribution is 2.45. The van der Waals surface area contributed by atoms with Gasteiger partial charge in [-0.2, -0.15) is 0 Å². The van der Waals surface area contributed by atoms with Crippen LogP contribution in [0.3, 0.4) is 0 Å². The molecule has 17 nitrogen and oxygen atoms in total. The Morgan fingerprint density at radius 1 is 0.348 bits per heavy atom. The first-order valence-electron chi connectivity index (χ1n) is 35.8. The van der Waals surface area contributed by atoms with Gasteiger partial charge in [0.15, 0.2) is 12.2 Å². The van der Waals surface area contributed by atoms with Crippen LogP contribution in [0.5, 0.6) is 0 Å². The van der Waals surface area contributed by atoms with Crippen LogP contribution in [-0.2, 0) is 65.4 Å². The molecule has 0 saturated heterocycles. The minimum Gasteiger partial charge on any atom is -0.462 e. The van der Waals surface area contributed by atoms with Gasteiger partial charge in [0.05, 0.1) is 26.4 Å². The van der Waals surface area contributed by atoms with Crippen molar-refractivity contribution in [3.63, 3.8) is 0 Å². The summed E-state index contributed by atoms with van der Waals surface area (Å²) in [6.45, 7) is 9.43. The number of esters is 4. The van der Waals surface area contributed by atoms with E-state index in [2.05, 4.69) is 65.8 Å². The van der Waals surface area contributed by atoms with Crippen molar-refractivity contribution < 1.29 is 80.2 Å². The Morgan fingerprint density at radius 3 is 0.921 bits per heavy atom. The quantitative estimate of drug-likeness (QED) is 0.0169. The average Bonchev–Trinajstić information content (AvgIpc) is 3.70. The summed E-state index contributed by atoms with van der Waals surface area (Å²) in [4.78, 5) is 72.4. The smallest absolute Gasteiger partial charge is 0.462 e. The number of unbranched alkanes of at least 4 members (excludes halogenated alkanes) is 34. The minimum absolute atomic E-state index is 0.0846. The molecule has 0 saturated carbocycles. The maximum absolute atomic E-state index is 13.0. The van der Waals surface area contributed by atoms with E-state index < -0.39 is 97.5 Å². The van der Waals surface area contributed by atoms with Crippen LogP contribution >= 0.6 is 15.6 Å². The SMILES string of the molecule is CCCCCC/C=C\C=C/CCCCCCCC(=O)O[C@H](COC(=O)CCCCCCCCCCCCC(C)C)COP(=O)(O)OC[C@@H](O)COP(=O)(O)OC[C@@H](COC(=O)CCCCCCCCCC)OC(=O)CCCCCCCCCCCCC(C)C. The predicted octanol–water partition coefficient (Wildman–Crippen LogP) is 19.5. The molecule has 3 N–H and O–H groups in total. The number of hydrogen-bond donors (Lipinski definition) is 3. The maximum Gasteiger partial charge on any atom is 0.472 e. The maximum atomic E-state index is 13.0. The van der Waals surface area contributed by atoms with Crippen LogP contribution in [0.25, 0.3) is 0 Å². The summed E-state index contributed by atoms with van der Waals surface area (Å²) in [5.74, 6) is -0.651. The fourth-order valence-electron chi connectivity index (χ4n) is 10.1. The zero-order chi connectivity index (χ0) is 65.7. The molecule has 0 heterocycles. The number of carbonyl (C=O) groups is 4. The van der Waals surface area contributed by atoms with Crippen LogP contribution in [-0.4, -0.2) is 96.7 Å². The third-order valence-electron chi connectivity index (χ3n) is 15.6. The topological polar surface area (TPSA) is 237 Å². The van der Waals surface area contributed by atoms with Crippen molar-refractivity contribution in [2.75, 3.05) is 39.6 Å². The molecular formula is C70H132O17P2. The number of rotatable bonds is 67. The van der Waals surface area contributed by atoms with Crippen molar-refractivity contribution in [2.45, 2.75) is 349 Å². The number of carbonyl (C=O) groups excluding carboxylic acids is 4. The number of phosphoric ester groups is 2. The van der Waals surface area contributed by atoms with Gasteiger partial charge in [0.25, 0.3) is 0 Å². The second kappa shape index (κ2) is 61.7. The van der Waals surface area contributed by atoms with Gasteiger partial charge in [-0.05, 0) is 63.2 Å². The minimum atomic E-state index is -4.96. The first-order chi connectivity index (χ1) is 42.9. The van der Waals surface area contributed by atoms with Gasteiger partial charge >= 0.3 is 39.5 Å². The van der Waals surface area contributed by atoms with Crippen LogP contribution < -0.4 is 0 Å². The molecule has 0 aliphatic carbocycles. The summed E-state index contributed by atoms with van der Waals surface area (Å²) in [6, 6.07) is 0. The van der Waals surface area contributed by atoms with Crippen LogP contribution in [0.15, 0.2) is 24.3 Å². The van der Waals surface area contributed by atoms with Crippen LogP contribution in [0.1, 0.15) is 330 Å². The van der Waals surface area contributed by atoms with Gasteiger partial charge in [0.1, 0.15) is 19.3 Å². The Morgan fingerprint density at radius 2 is 0.607 bits per heavy atom. The molecule has 0 bridgehead atoms. The Balaban J connectivity index is 5.27. The van der Waals surface area contributed by atoms with Crippen molar-refractivity contribution in [3.05, 3.63) is 24.3 Å². The van der Waals surface area contributed by atoms with Crippen molar-refractivity contribution >= 4 is 39.5 Å². The third kappa shape index (κ3) is 64.1. The second-order valence-corrected chi connectivity index (χ2v) is 28.4. The molecule has 0 fully saturated rings. The molecule has 0 aliphatic heterocycles. The lowest BCUT2D eigenvalue weighted by atomic mass is 10.0. The van der Waals surface area contributed by atoms with E-state index in [4.69, 9.17) is 37.0 Å². The molecule has 0 radical (unpaired) electrons. The molecule has 0 rings (SSSR count). The van der Waals surface area contributed by atoms with Gasteiger partial charge in [-0.3, -0.25) is 37.3 Å². The number of aliphatic hydroxyl groups excluding tert-OH is 1. The van der Waals surface area contributed by atoms with E-state index in [0.717, 1.165) is 121 Å². The first-order valence-corrected chi connectivity index (χ1v) is 38.8. The van der Waals surface area contributed by atoms with E-state index in [1.807, 2.05) is 0 Å². The fourth-order valence-corrected chi connectivity index (χ4v) is 11.6. The van der Waals surface area contributed by atoms with Gasteiger partial charge in [-0.15, -0.1) is 0 Å². The molecule has 0 aliphatic rings. The van der Waals surface area contributed by atoms with Crippen molar-refractivity contribution in [1.29, 1.82) is 0 Å². The second-order valence-electron chi connectivity index (χ2n) is 25.5. The lowest BCUT2D eigenvalue weighted by Crippen LogP contribution is -2.30. The van der Waals surface area contributed by atoms with Crippen LogP contribution in [0.4, 0.5) is 0 Å². The highest BCUT2D eigenvalue weighted by atomic mass is 31.2. The van der Waals surface area contributed by atoms with Gasteiger partial charge in [-0.1, -0.05) is 278 Å². The van der Waals surface area contributed by atoms with Gasteiger partial charge < -0.3 is 33.8 Å². The van der Waals surface area contributed by atoms with Crippen LogP contribution in [0, 0.1) is 11.8 Å². The average molecular weight is 1310 g/mol. The summed E-state index contributed by atoms with van der Waals surface area (Å²) in [5.41, 5.74) is 0. The number of phosphoric acid groups is 2. The van der Waals surface area contributed by atoms with Gasteiger partial charge in [0, 0.05) is 25.7 Å². The highest BCUT2D eigenvalue weighted by Gasteiger charge is 2.30. The third-order valence-corrected chi connectivity index (χ3v) is 17.5. The number of aliphatic hydroxyl groups is 1. The Hall–Kier alpha value is -2.46. The molecule has 5 atom stereocenters. The van der Waals surface area contributed by atoms with E-state index >= 15 is 0 Å². The molecular weight excluding hydrogens is 1170 g/mol. The summed E-state index contributed by atoms with van der Waals surface area (Å²) >= 11 is 0. The number of hydrogen-bond acceptors (Lipinski definition) is 15. The van der Waals surface area contributed by atoms with Crippen molar-refractivity contribution in [3.8, 4) is 0 Å². The summed E-state index contributed by atoms with van der Waals surface area (Å²) < 4.78 is 68.2. The predicted molar refractivity (Wildman–Crippen MR) is 358 cm³/mol. The monoisotopic (exact) mass is 1310 g/mol. The standard InChI is InChI=1S/C70H132O17P2/c1-7-9-11-13-15-17-18-19-20-21-22-30-36-42-48-54-69(74)87-66(59-81-68(73)53-47-41-35-29-25-23-27-32-38-44-50-62(3)4)61-85-89(78,79)83-57-64(71)56-82-88(76,77)84-60-65(58-80-67(72)52-46-40-34-16-14-12-10-8-2)86-70(75)55-49-43-37-31-26-24-28-33-39-45-51-63(5)6/h17-20,62-66,71H,7-16,21-61H2,1-6H3,(H,76,77)(H,78,79)/b18-17-,20-19-/t64-,65+,66+/m0/s1. The van der Waals surface area contributed by atoms with E-state index in [0.29, 0.717) is 25.7 Å². The summed E-state index contributed by atoms with van der Waals surface area (Å²) in [5, 5.41) is 10.6. The van der Waals surface area contributed by atoms with E-state index in [9.17, 15) is 43.2 Å². The number of ether oxygens (including phenoxy) is 4. The van der Waals surface area contributed by atoms with Crippen molar-refractivity contribution in [2.24, 2.45) is 11.8 Å². The largest absolute Gasteiger partial charge is 0.472 e. The van der Waals surface area contributed by atoms with E-state index in [1.54, 1.807) is 0 Å². The first kappa shape index (κ1) is 86.5. The van der Waals surface area contributed by atoms with E-state index in [1.165, 1.54) is 128 Å².